The quantitative estimate of drug-likeness (QED) is 0.712. The van der Waals surface area contributed by atoms with Crippen molar-refractivity contribution in [1.29, 1.82) is 0 Å². The summed E-state index contributed by atoms with van der Waals surface area (Å²) in [5.41, 5.74) is 0. The van der Waals surface area contributed by atoms with Crippen molar-refractivity contribution in [2.75, 3.05) is 0 Å². The summed E-state index contributed by atoms with van der Waals surface area (Å²) < 4.78 is 11.8. The van der Waals surface area contributed by atoms with Crippen LogP contribution in [-0.2, 0) is 0 Å². The molecule has 1 aliphatic rings. The van der Waals surface area contributed by atoms with Gasteiger partial charge in [-0.3, -0.25) is 0 Å². The maximum absolute atomic E-state index is 5.90. The molecule has 1 aromatic carbocycles. The van der Waals surface area contributed by atoms with Crippen molar-refractivity contribution in [3.8, 4) is 11.5 Å². The second-order valence-electron chi connectivity index (χ2n) is 3.32. The highest BCUT2D eigenvalue weighted by molar-refractivity contribution is 9.10. The van der Waals surface area contributed by atoms with Gasteiger partial charge in [0, 0.05) is 24.4 Å². The molecule has 0 aromatic heterocycles. The SMILES string of the molecule is CC1(C)Oc2cc(Cl)c(Br)cc2O1. The molecule has 0 N–H and O–H groups in total. The Morgan fingerprint density at radius 1 is 1.23 bits per heavy atom. The van der Waals surface area contributed by atoms with Gasteiger partial charge >= 0.3 is 0 Å². The predicted molar refractivity (Wildman–Crippen MR) is 54.5 cm³/mol. The van der Waals surface area contributed by atoms with E-state index in [9.17, 15) is 0 Å². The van der Waals surface area contributed by atoms with Crippen LogP contribution in [-0.4, -0.2) is 5.79 Å². The number of halogens is 2. The van der Waals surface area contributed by atoms with Crippen molar-refractivity contribution in [2.45, 2.75) is 19.6 Å². The van der Waals surface area contributed by atoms with E-state index in [4.69, 9.17) is 21.1 Å². The minimum Gasteiger partial charge on any atom is -0.449 e. The molecule has 0 radical (unpaired) electrons. The highest BCUT2D eigenvalue weighted by atomic mass is 79.9. The number of ether oxygens (including phenoxy) is 2. The third kappa shape index (κ3) is 1.63. The lowest BCUT2D eigenvalue weighted by Crippen LogP contribution is -2.29. The van der Waals surface area contributed by atoms with E-state index in [0.29, 0.717) is 10.8 Å². The van der Waals surface area contributed by atoms with Crippen molar-refractivity contribution < 1.29 is 9.47 Å². The van der Waals surface area contributed by atoms with Gasteiger partial charge in [-0.2, -0.15) is 0 Å². The molecule has 0 bridgehead atoms. The Kier molecular flexibility index (Phi) is 1.96. The van der Waals surface area contributed by atoms with Crippen LogP contribution in [0.15, 0.2) is 16.6 Å². The average molecular weight is 264 g/mol. The molecule has 0 fully saturated rings. The summed E-state index contributed by atoms with van der Waals surface area (Å²) in [6.45, 7) is 3.71. The Morgan fingerprint density at radius 3 is 2.38 bits per heavy atom. The van der Waals surface area contributed by atoms with Gasteiger partial charge in [0.2, 0.25) is 5.79 Å². The number of hydrogen-bond donors (Lipinski definition) is 0. The van der Waals surface area contributed by atoms with Crippen LogP contribution in [0.1, 0.15) is 13.8 Å². The molecule has 1 aromatic rings. The van der Waals surface area contributed by atoms with Crippen LogP contribution >= 0.6 is 27.5 Å². The Hall–Kier alpha value is -0.410. The lowest BCUT2D eigenvalue weighted by molar-refractivity contribution is -0.0431. The summed E-state index contributed by atoms with van der Waals surface area (Å²) in [6, 6.07) is 3.56. The summed E-state index contributed by atoms with van der Waals surface area (Å²) in [6.07, 6.45) is 0. The molecule has 4 heteroatoms. The zero-order valence-corrected chi connectivity index (χ0v) is 9.57. The van der Waals surface area contributed by atoms with Crippen LogP contribution in [0.2, 0.25) is 5.02 Å². The van der Waals surface area contributed by atoms with E-state index in [2.05, 4.69) is 15.9 Å². The topological polar surface area (TPSA) is 18.5 Å². The molecule has 2 rings (SSSR count). The van der Waals surface area contributed by atoms with Crippen LogP contribution < -0.4 is 9.47 Å². The van der Waals surface area contributed by atoms with E-state index in [-0.39, 0.29) is 0 Å². The highest BCUT2D eigenvalue weighted by Gasteiger charge is 2.32. The molecule has 13 heavy (non-hydrogen) atoms. The molecule has 0 spiro atoms. The smallest absolute Gasteiger partial charge is 0.246 e. The molecule has 1 aliphatic heterocycles. The monoisotopic (exact) mass is 262 g/mol. The first-order valence-corrected chi connectivity index (χ1v) is 5.02. The summed E-state index contributed by atoms with van der Waals surface area (Å²) >= 11 is 9.22. The second-order valence-corrected chi connectivity index (χ2v) is 4.58. The number of benzene rings is 1. The third-order valence-electron chi connectivity index (χ3n) is 1.70. The summed E-state index contributed by atoms with van der Waals surface area (Å²) in [7, 11) is 0. The van der Waals surface area contributed by atoms with Gasteiger partial charge in [-0.05, 0) is 22.0 Å². The molecule has 2 nitrogen and oxygen atoms in total. The summed E-state index contributed by atoms with van der Waals surface area (Å²) in [5, 5.41) is 0.625. The third-order valence-corrected chi connectivity index (χ3v) is 2.90. The molecule has 0 saturated heterocycles. The van der Waals surface area contributed by atoms with Gasteiger partial charge < -0.3 is 9.47 Å². The largest absolute Gasteiger partial charge is 0.449 e. The fourth-order valence-electron chi connectivity index (χ4n) is 1.22. The molecule has 0 saturated carbocycles. The molecular weight excluding hydrogens is 255 g/mol. The zero-order valence-electron chi connectivity index (χ0n) is 7.23. The Balaban J connectivity index is 2.48. The highest BCUT2D eigenvalue weighted by Crippen LogP contribution is 2.43. The van der Waals surface area contributed by atoms with Gasteiger partial charge in [-0.1, -0.05) is 11.6 Å². The Labute approximate surface area is 89.9 Å². The first-order chi connectivity index (χ1) is 5.98. The average Bonchev–Trinajstić information content (AvgIpc) is 2.24. The van der Waals surface area contributed by atoms with Gasteiger partial charge in [-0.25, -0.2) is 0 Å². The predicted octanol–water partition coefficient (Wildman–Crippen LogP) is 3.61. The number of rotatable bonds is 0. The maximum Gasteiger partial charge on any atom is 0.246 e. The Morgan fingerprint density at radius 2 is 1.77 bits per heavy atom. The van der Waals surface area contributed by atoms with Crippen molar-refractivity contribution in [1.82, 2.24) is 0 Å². The summed E-state index contributed by atoms with van der Waals surface area (Å²) in [4.78, 5) is 0. The lowest BCUT2D eigenvalue weighted by Gasteiger charge is -2.16. The van der Waals surface area contributed by atoms with Crippen molar-refractivity contribution in [2.24, 2.45) is 0 Å². The molecule has 0 atom stereocenters. The van der Waals surface area contributed by atoms with Crippen LogP contribution in [0, 0.1) is 0 Å². The molecule has 0 aliphatic carbocycles. The van der Waals surface area contributed by atoms with Crippen molar-refractivity contribution in [3.05, 3.63) is 21.6 Å². The van der Waals surface area contributed by atoms with E-state index in [1.807, 2.05) is 19.9 Å². The van der Waals surface area contributed by atoms with Crippen molar-refractivity contribution >= 4 is 27.5 Å². The van der Waals surface area contributed by atoms with Gasteiger partial charge in [0.1, 0.15) is 0 Å². The summed E-state index contributed by atoms with van der Waals surface area (Å²) in [5.74, 6) is 0.825. The second kappa shape index (κ2) is 2.79. The van der Waals surface area contributed by atoms with Crippen LogP contribution in [0.5, 0.6) is 11.5 Å². The van der Waals surface area contributed by atoms with Crippen LogP contribution in [0.25, 0.3) is 0 Å². The lowest BCUT2D eigenvalue weighted by atomic mass is 10.3. The van der Waals surface area contributed by atoms with Crippen LogP contribution in [0.3, 0.4) is 0 Å². The van der Waals surface area contributed by atoms with E-state index in [1.54, 1.807) is 6.07 Å². The van der Waals surface area contributed by atoms with E-state index >= 15 is 0 Å². The minimum atomic E-state index is -0.591. The minimum absolute atomic E-state index is 0.591. The molecule has 1 heterocycles. The standard InChI is InChI=1S/C9H8BrClO2/c1-9(2)12-7-3-5(10)6(11)4-8(7)13-9/h3-4H,1-2H3. The van der Waals surface area contributed by atoms with Crippen molar-refractivity contribution in [3.63, 3.8) is 0 Å². The van der Waals surface area contributed by atoms with E-state index in [1.165, 1.54) is 0 Å². The Bertz CT molecular complexity index is 330. The fraction of sp³-hybridized carbons (Fsp3) is 0.333. The molecule has 70 valence electrons. The van der Waals surface area contributed by atoms with Gasteiger partial charge in [-0.15, -0.1) is 0 Å². The van der Waals surface area contributed by atoms with Gasteiger partial charge in [0.25, 0.3) is 0 Å². The first-order valence-electron chi connectivity index (χ1n) is 3.85. The van der Waals surface area contributed by atoms with Crippen LogP contribution in [0.4, 0.5) is 0 Å². The molecule has 0 amide bonds. The van der Waals surface area contributed by atoms with E-state index in [0.717, 1.165) is 10.2 Å². The molecule has 0 unspecified atom stereocenters. The number of fused-ring (bicyclic) bond motifs is 1. The molecular formula is C9H8BrClO2. The van der Waals surface area contributed by atoms with Gasteiger partial charge in [0.05, 0.1) is 5.02 Å². The van der Waals surface area contributed by atoms with E-state index < -0.39 is 5.79 Å². The normalized spacial score (nSPS) is 17.5. The fourth-order valence-corrected chi connectivity index (χ4v) is 1.70. The zero-order chi connectivity index (χ0) is 9.64. The maximum atomic E-state index is 5.90. The first kappa shape index (κ1) is 9.16. The number of hydrogen-bond acceptors (Lipinski definition) is 2. The van der Waals surface area contributed by atoms with Gasteiger partial charge in [0.15, 0.2) is 11.5 Å².